The second-order valence-corrected chi connectivity index (χ2v) is 3.91. The third-order valence-electron chi connectivity index (χ3n) is 2.08. The standard InChI is InChI=1S/C14H16O4/c1-10(2)18-14(16)12(13(15)17-3)9-11-7-5-4-6-8-11/h4-10H,1-3H3/b12-9-. The molecule has 0 spiro atoms. The summed E-state index contributed by atoms with van der Waals surface area (Å²) >= 11 is 0. The summed E-state index contributed by atoms with van der Waals surface area (Å²) in [4.78, 5) is 23.3. The van der Waals surface area contributed by atoms with Gasteiger partial charge in [0.25, 0.3) is 0 Å². The molecule has 0 saturated carbocycles. The molecule has 0 aliphatic carbocycles. The van der Waals surface area contributed by atoms with Crippen LogP contribution in [-0.2, 0) is 19.1 Å². The highest BCUT2D eigenvalue weighted by atomic mass is 16.6. The van der Waals surface area contributed by atoms with Gasteiger partial charge in [0, 0.05) is 0 Å². The minimum absolute atomic E-state index is 0.114. The highest BCUT2D eigenvalue weighted by molar-refractivity contribution is 6.17. The zero-order valence-electron chi connectivity index (χ0n) is 10.7. The summed E-state index contributed by atoms with van der Waals surface area (Å²) in [6.07, 6.45) is 1.16. The molecule has 1 aromatic rings. The van der Waals surface area contributed by atoms with E-state index in [-0.39, 0.29) is 11.7 Å². The highest BCUT2D eigenvalue weighted by Crippen LogP contribution is 2.10. The molecule has 0 atom stereocenters. The average molecular weight is 248 g/mol. The van der Waals surface area contributed by atoms with Gasteiger partial charge in [-0.15, -0.1) is 0 Å². The van der Waals surface area contributed by atoms with E-state index in [1.165, 1.54) is 13.2 Å². The lowest BCUT2D eigenvalue weighted by Crippen LogP contribution is -2.20. The maximum Gasteiger partial charge on any atom is 0.345 e. The smallest absolute Gasteiger partial charge is 0.345 e. The van der Waals surface area contributed by atoms with Gasteiger partial charge in [0.05, 0.1) is 13.2 Å². The number of benzene rings is 1. The third kappa shape index (κ3) is 4.05. The van der Waals surface area contributed by atoms with Crippen LogP contribution in [0.4, 0.5) is 0 Å². The lowest BCUT2D eigenvalue weighted by Gasteiger charge is -2.09. The number of hydrogen-bond donors (Lipinski definition) is 0. The van der Waals surface area contributed by atoms with E-state index in [0.29, 0.717) is 0 Å². The zero-order valence-corrected chi connectivity index (χ0v) is 10.7. The van der Waals surface area contributed by atoms with Crippen molar-refractivity contribution in [2.75, 3.05) is 7.11 Å². The van der Waals surface area contributed by atoms with Gasteiger partial charge in [-0.3, -0.25) is 0 Å². The van der Waals surface area contributed by atoms with E-state index in [1.807, 2.05) is 18.2 Å². The fourth-order valence-corrected chi connectivity index (χ4v) is 1.30. The molecule has 18 heavy (non-hydrogen) atoms. The summed E-state index contributed by atoms with van der Waals surface area (Å²) in [7, 11) is 1.23. The van der Waals surface area contributed by atoms with E-state index >= 15 is 0 Å². The molecule has 0 N–H and O–H groups in total. The molecule has 0 fully saturated rings. The summed E-state index contributed by atoms with van der Waals surface area (Å²) in [5.41, 5.74) is 0.621. The second-order valence-electron chi connectivity index (χ2n) is 3.91. The molecule has 0 bridgehead atoms. The summed E-state index contributed by atoms with van der Waals surface area (Å²) in [5, 5.41) is 0. The van der Waals surface area contributed by atoms with Crippen LogP contribution in [0, 0.1) is 0 Å². The Bertz CT molecular complexity index is 446. The van der Waals surface area contributed by atoms with Crippen LogP contribution < -0.4 is 0 Å². The number of rotatable bonds is 4. The first-order valence-corrected chi connectivity index (χ1v) is 5.60. The summed E-state index contributed by atoms with van der Waals surface area (Å²) < 4.78 is 9.58. The van der Waals surface area contributed by atoms with Crippen molar-refractivity contribution in [3.05, 3.63) is 41.5 Å². The van der Waals surface area contributed by atoms with E-state index in [2.05, 4.69) is 4.74 Å². The maximum absolute atomic E-state index is 11.8. The molecular formula is C14H16O4. The summed E-state index contributed by atoms with van der Waals surface area (Å²) in [6.45, 7) is 3.44. The molecule has 4 heteroatoms. The quantitative estimate of drug-likeness (QED) is 0.355. The Morgan fingerprint density at radius 2 is 1.72 bits per heavy atom. The minimum Gasteiger partial charge on any atom is -0.465 e. The Morgan fingerprint density at radius 1 is 1.11 bits per heavy atom. The Hall–Kier alpha value is -2.10. The molecule has 0 aliphatic rings. The lowest BCUT2D eigenvalue weighted by molar-refractivity contribution is -0.147. The van der Waals surface area contributed by atoms with Crippen molar-refractivity contribution in [3.8, 4) is 0 Å². The fraction of sp³-hybridized carbons (Fsp3) is 0.286. The van der Waals surface area contributed by atoms with Crippen molar-refractivity contribution < 1.29 is 19.1 Å². The zero-order chi connectivity index (χ0) is 13.5. The SMILES string of the molecule is COC(=O)/C(=C/c1ccccc1)C(=O)OC(C)C. The number of esters is 2. The number of carbonyl (C=O) groups is 2. The summed E-state index contributed by atoms with van der Waals surface area (Å²) in [5.74, 6) is -1.38. The Labute approximate surface area is 106 Å². The highest BCUT2D eigenvalue weighted by Gasteiger charge is 2.21. The number of carbonyl (C=O) groups excluding carboxylic acids is 2. The van der Waals surface area contributed by atoms with Crippen molar-refractivity contribution in [3.63, 3.8) is 0 Å². The number of hydrogen-bond acceptors (Lipinski definition) is 4. The first kappa shape index (κ1) is 14.0. The van der Waals surface area contributed by atoms with Crippen LogP contribution in [0.25, 0.3) is 6.08 Å². The van der Waals surface area contributed by atoms with E-state index < -0.39 is 11.9 Å². The minimum atomic E-state index is -0.704. The third-order valence-corrected chi connectivity index (χ3v) is 2.08. The normalized spacial score (nSPS) is 11.2. The van der Waals surface area contributed by atoms with Gasteiger partial charge in [-0.2, -0.15) is 0 Å². The van der Waals surface area contributed by atoms with E-state index in [0.717, 1.165) is 5.56 Å². The Morgan fingerprint density at radius 3 is 2.22 bits per heavy atom. The van der Waals surface area contributed by atoms with Crippen molar-refractivity contribution in [1.29, 1.82) is 0 Å². The molecule has 0 aromatic heterocycles. The Kier molecular flexibility index (Phi) is 5.11. The topological polar surface area (TPSA) is 52.6 Å². The van der Waals surface area contributed by atoms with Gasteiger partial charge >= 0.3 is 11.9 Å². The van der Waals surface area contributed by atoms with Crippen LogP contribution in [0.2, 0.25) is 0 Å². The van der Waals surface area contributed by atoms with Gasteiger partial charge < -0.3 is 9.47 Å². The van der Waals surface area contributed by atoms with Gasteiger partial charge in [-0.25, -0.2) is 9.59 Å². The molecule has 1 aromatic carbocycles. The molecule has 0 aliphatic heterocycles. The molecule has 0 saturated heterocycles. The predicted molar refractivity (Wildman–Crippen MR) is 67.7 cm³/mol. The summed E-state index contributed by atoms with van der Waals surface area (Å²) in [6, 6.07) is 9.04. The van der Waals surface area contributed by atoms with Crippen LogP contribution in [0.15, 0.2) is 35.9 Å². The van der Waals surface area contributed by atoms with E-state index in [1.54, 1.807) is 26.0 Å². The van der Waals surface area contributed by atoms with Crippen LogP contribution in [0.1, 0.15) is 19.4 Å². The average Bonchev–Trinajstić information content (AvgIpc) is 2.35. The lowest BCUT2D eigenvalue weighted by atomic mass is 10.1. The first-order valence-electron chi connectivity index (χ1n) is 5.60. The predicted octanol–water partition coefficient (Wildman–Crippen LogP) is 2.19. The van der Waals surface area contributed by atoms with Crippen LogP contribution in [-0.4, -0.2) is 25.2 Å². The molecular weight excluding hydrogens is 232 g/mol. The monoisotopic (exact) mass is 248 g/mol. The number of ether oxygens (including phenoxy) is 2. The second kappa shape index (κ2) is 6.59. The largest absolute Gasteiger partial charge is 0.465 e. The van der Waals surface area contributed by atoms with Gasteiger partial charge in [0.15, 0.2) is 0 Å². The van der Waals surface area contributed by atoms with Crippen molar-refractivity contribution in [1.82, 2.24) is 0 Å². The molecule has 0 unspecified atom stereocenters. The molecule has 0 amide bonds. The molecule has 0 heterocycles. The van der Waals surface area contributed by atoms with Crippen LogP contribution in [0.3, 0.4) is 0 Å². The molecule has 1 rings (SSSR count). The molecule has 4 nitrogen and oxygen atoms in total. The van der Waals surface area contributed by atoms with Crippen molar-refractivity contribution >= 4 is 18.0 Å². The maximum atomic E-state index is 11.8. The number of methoxy groups -OCH3 is 1. The van der Waals surface area contributed by atoms with Crippen LogP contribution in [0.5, 0.6) is 0 Å². The fourth-order valence-electron chi connectivity index (χ4n) is 1.30. The molecule has 96 valence electrons. The van der Waals surface area contributed by atoms with Gasteiger partial charge in [-0.1, -0.05) is 30.3 Å². The Balaban J connectivity index is 3.02. The van der Waals surface area contributed by atoms with Crippen molar-refractivity contribution in [2.45, 2.75) is 20.0 Å². The van der Waals surface area contributed by atoms with Crippen LogP contribution >= 0.6 is 0 Å². The van der Waals surface area contributed by atoms with Gasteiger partial charge in [0.2, 0.25) is 0 Å². The van der Waals surface area contributed by atoms with E-state index in [4.69, 9.17) is 4.74 Å². The molecule has 0 radical (unpaired) electrons. The van der Waals surface area contributed by atoms with Gasteiger partial charge in [0.1, 0.15) is 5.57 Å². The first-order chi connectivity index (χ1) is 8.54. The van der Waals surface area contributed by atoms with Gasteiger partial charge in [-0.05, 0) is 25.5 Å². The van der Waals surface area contributed by atoms with E-state index in [9.17, 15) is 9.59 Å². The van der Waals surface area contributed by atoms with Crippen molar-refractivity contribution in [2.24, 2.45) is 0 Å².